The van der Waals surface area contributed by atoms with Gasteiger partial charge in [-0.1, -0.05) is 36.5 Å². The third kappa shape index (κ3) is 2.70. The summed E-state index contributed by atoms with van der Waals surface area (Å²) in [6, 6.07) is 8.61. The van der Waals surface area contributed by atoms with E-state index < -0.39 is 0 Å². The lowest BCUT2D eigenvalue weighted by Gasteiger charge is -2.11. The first-order valence-corrected chi connectivity index (χ1v) is 6.63. The summed E-state index contributed by atoms with van der Waals surface area (Å²) >= 11 is 4.99. The average Bonchev–Trinajstić information content (AvgIpc) is 2.44. The van der Waals surface area contributed by atoms with Crippen molar-refractivity contribution in [2.45, 2.75) is 20.0 Å². The van der Waals surface area contributed by atoms with E-state index in [0.717, 1.165) is 5.56 Å². The van der Waals surface area contributed by atoms with Gasteiger partial charge in [-0.15, -0.1) is 0 Å². The highest BCUT2D eigenvalue weighted by molar-refractivity contribution is 7.80. The van der Waals surface area contributed by atoms with Gasteiger partial charge in [-0.3, -0.25) is 9.36 Å². The van der Waals surface area contributed by atoms with Gasteiger partial charge in [0.2, 0.25) is 0 Å². The Balaban J connectivity index is 2.54. The number of rotatable bonds is 4. The third-order valence-electron chi connectivity index (χ3n) is 3.09. The summed E-state index contributed by atoms with van der Waals surface area (Å²) in [5.74, 6) is 0. The minimum absolute atomic E-state index is 0.159. The van der Waals surface area contributed by atoms with Crippen LogP contribution in [0.4, 0.5) is 0 Å². The topological polar surface area (TPSA) is 70.0 Å². The highest BCUT2D eigenvalue weighted by atomic mass is 32.1. The van der Waals surface area contributed by atoms with Crippen LogP contribution in [-0.2, 0) is 13.1 Å². The molecule has 0 aliphatic heterocycles. The largest absolute Gasteiger partial charge is 0.389 e. The Labute approximate surface area is 121 Å². The Bertz CT molecular complexity index is 761. The van der Waals surface area contributed by atoms with Crippen molar-refractivity contribution >= 4 is 17.2 Å². The number of nitrogens with two attached hydrogens (primary N) is 1. The molecule has 5 nitrogen and oxygen atoms in total. The predicted octanol–water partition coefficient (Wildman–Crippen LogP) is 0.712. The van der Waals surface area contributed by atoms with Crippen LogP contribution < -0.4 is 17.0 Å². The highest BCUT2D eigenvalue weighted by Gasteiger charge is 2.09. The van der Waals surface area contributed by atoms with Gasteiger partial charge in [-0.05, 0) is 12.5 Å². The molecule has 0 atom stereocenters. The maximum atomic E-state index is 12.2. The van der Waals surface area contributed by atoms with E-state index in [2.05, 4.69) is 0 Å². The molecule has 0 spiro atoms. The molecule has 1 aromatic carbocycles. The zero-order valence-corrected chi connectivity index (χ0v) is 11.9. The van der Waals surface area contributed by atoms with Crippen molar-refractivity contribution in [2.75, 3.05) is 0 Å². The fourth-order valence-corrected chi connectivity index (χ4v) is 2.21. The summed E-state index contributed by atoms with van der Waals surface area (Å²) in [5.41, 5.74) is 6.43. The van der Waals surface area contributed by atoms with E-state index in [9.17, 15) is 9.59 Å². The fourth-order valence-electron chi connectivity index (χ4n) is 2.01. The van der Waals surface area contributed by atoms with E-state index in [1.807, 2.05) is 25.1 Å². The third-order valence-corrected chi connectivity index (χ3v) is 3.31. The molecular formula is C14H15N3O2S. The zero-order valence-electron chi connectivity index (χ0n) is 11.1. The number of aromatic nitrogens is 2. The van der Waals surface area contributed by atoms with Gasteiger partial charge in [0.25, 0.3) is 5.56 Å². The number of nitrogens with zero attached hydrogens (tertiary/aromatic N) is 2. The lowest BCUT2D eigenvalue weighted by Crippen LogP contribution is -2.39. The molecule has 0 bridgehead atoms. The molecule has 0 saturated heterocycles. The second-order valence-corrected chi connectivity index (χ2v) is 4.77. The van der Waals surface area contributed by atoms with Crippen molar-refractivity contribution in [1.82, 2.24) is 9.13 Å². The maximum absolute atomic E-state index is 12.2. The summed E-state index contributed by atoms with van der Waals surface area (Å²) < 4.78 is 2.66. The summed E-state index contributed by atoms with van der Waals surface area (Å²) in [6.07, 6.45) is 1.50. The second kappa shape index (κ2) is 5.83. The van der Waals surface area contributed by atoms with Gasteiger partial charge in [0, 0.05) is 24.4 Å². The molecule has 6 heteroatoms. The van der Waals surface area contributed by atoms with Gasteiger partial charge in [-0.25, -0.2) is 4.79 Å². The van der Waals surface area contributed by atoms with Gasteiger partial charge in [-0.2, -0.15) is 0 Å². The predicted molar refractivity (Wildman–Crippen MR) is 82.1 cm³/mol. The molecule has 20 heavy (non-hydrogen) atoms. The summed E-state index contributed by atoms with van der Waals surface area (Å²) in [5, 5.41) is 0. The Morgan fingerprint density at radius 2 is 1.95 bits per heavy atom. The van der Waals surface area contributed by atoms with Gasteiger partial charge in [0.1, 0.15) is 4.99 Å². The van der Waals surface area contributed by atoms with E-state index in [0.29, 0.717) is 12.1 Å². The first kappa shape index (κ1) is 14.2. The average molecular weight is 289 g/mol. The lowest BCUT2D eigenvalue weighted by molar-refractivity contribution is 0.600. The summed E-state index contributed by atoms with van der Waals surface area (Å²) in [7, 11) is 0. The van der Waals surface area contributed by atoms with Crippen molar-refractivity contribution in [3.63, 3.8) is 0 Å². The van der Waals surface area contributed by atoms with Crippen LogP contribution in [0.2, 0.25) is 0 Å². The molecule has 1 heterocycles. The molecule has 1 aromatic heterocycles. The van der Waals surface area contributed by atoms with Gasteiger partial charge in [0.05, 0.1) is 6.54 Å². The lowest BCUT2D eigenvalue weighted by atomic mass is 10.1. The molecule has 104 valence electrons. The maximum Gasteiger partial charge on any atom is 0.331 e. The van der Waals surface area contributed by atoms with Gasteiger partial charge >= 0.3 is 5.69 Å². The molecule has 2 N–H and O–H groups in total. The molecule has 0 unspecified atom stereocenters. The van der Waals surface area contributed by atoms with Crippen LogP contribution in [0, 0.1) is 0 Å². The van der Waals surface area contributed by atoms with Crippen molar-refractivity contribution in [2.24, 2.45) is 5.73 Å². The van der Waals surface area contributed by atoms with Crippen molar-refractivity contribution in [3.05, 3.63) is 68.5 Å². The van der Waals surface area contributed by atoms with Crippen molar-refractivity contribution < 1.29 is 0 Å². The molecule has 0 fully saturated rings. The standard InChI is InChI=1S/C14H15N3O2S/c1-2-16-8-7-12(18)17(14(16)19)9-10-5-3-4-6-11(10)13(15)20/h3-8H,2,9H2,1H3,(H2,15,20). The fraction of sp³-hybridized carbons (Fsp3) is 0.214. The van der Waals surface area contributed by atoms with Crippen LogP contribution in [-0.4, -0.2) is 14.1 Å². The van der Waals surface area contributed by atoms with E-state index in [4.69, 9.17) is 18.0 Å². The zero-order chi connectivity index (χ0) is 14.7. The SMILES string of the molecule is CCn1ccc(=O)n(Cc2ccccc2C(N)=S)c1=O. The first-order chi connectivity index (χ1) is 9.54. The smallest absolute Gasteiger partial charge is 0.331 e. The quantitative estimate of drug-likeness (QED) is 0.842. The second-order valence-electron chi connectivity index (χ2n) is 4.33. The van der Waals surface area contributed by atoms with Crippen LogP contribution >= 0.6 is 12.2 Å². The van der Waals surface area contributed by atoms with Gasteiger partial charge in [0.15, 0.2) is 0 Å². The van der Waals surface area contributed by atoms with Crippen LogP contribution in [0.15, 0.2) is 46.1 Å². The molecule has 2 rings (SSSR count). The first-order valence-electron chi connectivity index (χ1n) is 6.22. The van der Waals surface area contributed by atoms with Crippen molar-refractivity contribution in [3.8, 4) is 0 Å². The van der Waals surface area contributed by atoms with Crippen LogP contribution in [0.25, 0.3) is 0 Å². The molecule has 2 aromatic rings. The molecule has 0 radical (unpaired) electrons. The van der Waals surface area contributed by atoms with E-state index in [1.165, 1.54) is 21.4 Å². The number of benzene rings is 1. The van der Waals surface area contributed by atoms with Gasteiger partial charge < -0.3 is 10.3 Å². The normalized spacial score (nSPS) is 10.4. The van der Waals surface area contributed by atoms with Crippen LogP contribution in [0.5, 0.6) is 0 Å². The van der Waals surface area contributed by atoms with Crippen molar-refractivity contribution in [1.29, 1.82) is 0 Å². The Hall–Kier alpha value is -2.21. The van der Waals surface area contributed by atoms with E-state index >= 15 is 0 Å². The summed E-state index contributed by atoms with van der Waals surface area (Å²) in [6.45, 7) is 2.52. The summed E-state index contributed by atoms with van der Waals surface area (Å²) in [4.78, 5) is 24.3. The monoisotopic (exact) mass is 289 g/mol. The molecule has 0 amide bonds. The van der Waals surface area contributed by atoms with E-state index in [-0.39, 0.29) is 22.8 Å². The Morgan fingerprint density at radius 3 is 2.60 bits per heavy atom. The van der Waals surface area contributed by atoms with Crippen LogP contribution in [0.1, 0.15) is 18.1 Å². The number of thiocarbonyl (C=S) groups is 1. The number of hydrogen-bond acceptors (Lipinski definition) is 3. The molecule has 0 aliphatic rings. The minimum atomic E-state index is -0.336. The highest BCUT2D eigenvalue weighted by Crippen LogP contribution is 2.09. The molecule has 0 saturated carbocycles. The molecular weight excluding hydrogens is 274 g/mol. The van der Waals surface area contributed by atoms with Crippen LogP contribution in [0.3, 0.4) is 0 Å². The Kier molecular flexibility index (Phi) is 4.14. The number of hydrogen-bond donors (Lipinski definition) is 1. The molecule has 0 aliphatic carbocycles. The van der Waals surface area contributed by atoms with E-state index in [1.54, 1.807) is 6.07 Å². The Morgan fingerprint density at radius 1 is 1.25 bits per heavy atom. The number of aryl methyl sites for hydroxylation is 1. The minimum Gasteiger partial charge on any atom is -0.389 e.